The number of thiazole rings is 1. The summed E-state index contributed by atoms with van der Waals surface area (Å²) in [4.78, 5) is 5.00. The third-order valence-corrected chi connectivity index (χ3v) is 7.09. The Hall–Kier alpha value is -1.28. The molecule has 0 radical (unpaired) electrons. The van der Waals surface area contributed by atoms with Crippen LogP contribution in [0.25, 0.3) is 16.8 Å². The Kier molecular flexibility index (Phi) is 7.34. The molecule has 0 unspecified atom stereocenters. The summed E-state index contributed by atoms with van der Waals surface area (Å²) in [5.41, 5.74) is 2.80. The summed E-state index contributed by atoms with van der Waals surface area (Å²) in [5, 5.41) is 2.92. The van der Waals surface area contributed by atoms with Crippen LogP contribution in [-0.2, 0) is 10.0 Å². The van der Waals surface area contributed by atoms with Gasteiger partial charge in [0.2, 0.25) is 10.0 Å². The van der Waals surface area contributed by atoms with Crippen molar-refractivity contribution in [1.82, 2.24) is 9.29 Å². The van der Waals surface area contributed by atoms with E-state index in [4.69, 9.17) is 0 Å². The van der Waals surface area contributed by atoms with Crippen LogP contribution in [0.4, 0.5) is 0 Å². The molecule has 4 nitrogen and oxygen atoms in total. The number of allylic oxidation sites excluding steroid dienone is 4. The highest BCUT2D eigenvalue weighted by molar-refractivity contribution is 9.11. The molecule has 1 aromatic heterocycles. The first-order valence-electron chi connectivity index (χ1n) is 8.40. The molecule has 1 heterocycles. The van der Waals surface area contributed by atoms with E-state index in [1.54, 1.807) is 23.5 Å². The zero-order valence-corrected chi connectivity index (χ0v) is 18.6. The summed E-state index contributed by atoms with van der Waals surface area (Å²) in [6.07, 6.45) is 4.05. The van der Waals surface area contributed by atoms with Crippen LogP contribution < -0.4 is 0 Å². The summed E-state index contributed by atoms with van der Waals surface area (Å²) in [6, 6.07) is 6.94. The smallest absolute Gasteiger partial charge is 0.236 e. The van der Waals surface area contributed by atoms with Crippen LogP contribution in [-0.4, -0.2) is 30.8 Å². The molecular weight excluding hydrogens is 432 g/mol. The Morgan fingerprint density at radius 3 is 2.35 bits per heavy atom. The van der Waals surface area contributed by atoms with E-state index in [-0.39, 0.29) is 0 Å². The van der Waals surface area contributed by atoms with Gasteiger partial charge >= 0.3 is 0 Å². The van der Waals surface area contributed by atoms with Gasteiger partial charge in [0.15, 0.2) is 0 Å². The molecule has 0 N–H and O–H groups in total. The van der Waals surface area contributed by atoms with Crippen molar-refractivity contribution in [1.29, 1.82) is 0 Å². The summed E-state index contributed by atoms with van der Waals surface area (Å²) in [7, 11) is -3.43. The van der Waals surface area contributed by atoms with Crippen molar-refractivity contribution in [3.05, 3.63) is 51.3 Å². The summed E-state index contributed by atoms with van der Waals surface area (Å²) < 4.78 is 27.6. The zero-order valence-electron chi connectivity index (χ0n) is 15.4. The van der Waals surface area contributed by atoms with Gasteiger partial charge in [-0.3, -0.25) is 0 Å². The third-order valence-electron chi connectivity index (χ3n) is 3.91. The van der Waals surface area contributed by atoms with E-state index < -0.39 is 10.0 Å². The highest BCUT2D eigenvalue weighted by Gasteiger charge is 2.21. The van der Waals surface area contributed by atoms with Crippen LogP contribution in [0.2, 0.25) is 0 Å². The first-order valence-corrected chi connectivity index (χ1v) is 11.5. The molecule has 0 atom stereocenters. The number of rotatable bonds is 7. The standard InChI is InChI=1S/C19H23BrN2O2S2/c1-5-15(12-14(4)20)19-21-18(13-25-19)16-8-10-17(11-9-16)26(23,24)22(6-2)7-3/h5,8-13H,6-7H2,1-4H3. The van der Waals surface area contributed by atoms with Crippen molar-refractivity contribution in [2.75, 3.05) is 13.1 Å². The van der Waals surface area contributed by atoms with Gasteiger partial charge in [-0.1, -0.05) is 48.0 Å². The number of sulfonamides is 1. The maximum Gasteiger partial charge on any atom is 0.243 e. The number of hydrogen-bond acceptors (Lipinski definition) is 4. The minimum Gasteiger partial charge on any atom is -0.236 e. The fourth-order valence-electron chi connectivity index (χ4n) is 2.53. The second kappa shape index (κ2) is 9.08. The van der Waals surface area contributed by atoms with Crippen molar-refractivity contribution in [2.45, 2.75) is 32.6 Å². The number of benzene rings is 1. The third kappa shape index (κ3) is 4.71. The number of nitrogens with zero attached hydrogens (tertiary/aromatic N) is 2. The Balaban J connectivity index is 2.31. The molecule has 0 aliphatic rings. The van der Waals surface area contributed by atoms with Gasteiger partial charge < -0.3 is 0 Å². The molecule has 0 spiro atoms. The molecular formula is C19H23BrN2O2S2. The number of halogens is 1. The van der Waals surface area contributed by atoms with Crippen molar-refractivity contribution < 1.29 is 8.42 Å². The van der Waals surface area contributed by atoms with Crippen molar-refractivity contribution in [3.63, 3.8) is 0 Å². The van der Waals surface area contributed by atoms with Crippen LogP contribution >= 0.6 is 27.3 Å². The van der Waals surface area contributed by atoms with Gasteiger partial charge in [-0.2, -0.15) is 4.31 Å². The molecule has 7 heteroatoms. The Labute approximate surface area is 168 Å². The van der Waals surface area contributed by atoms with Crippen LogP contribution in [0.3, 0.4) is 0 Å². The number of aromatic nitrogens is 1. The molecule has 1 aromatic carbocycles. The maximum absolute atomic E-state index is 12.6. The van der Waals surface area contributed by atoms with Crippen LogP contribution in [0, 0.1) is 0 Å². The molecule has 0 saturated carbocycles. The normalized spacial score (nSPS) is 13.5. The zero-order chi connectivity index (χ0) is 19.3. The Bertz CT molecular complexity index is 905. The van der Waals surface area contributed by atoms with Crippen LogP contribution in [0.15, 0.2) is 51.2 Å². The van der Waals surface area contributed by atoms with Crippen molar-refractivity contribution in [2.24, 2.45) is 0 Å². The molecule has 0 aliphatic heterocycles. The van der Waals surface area contributed by atoms with E-state index >= 15 is 0 Å². The quantitative estimate of drug-likeness (QED) is 0.515. The van der Waals surface area contributed by atoms with Gasteiger partial charge in [0.1, 0.15) is 5.01 Å². The SMILES string of the molecule is CC=C(C=C(C)Br)c1nc(-c2ccc(S(=O)(=O)N(CC)CC)cc2)cs1. The first kappa shape index (κ1) is 21.0. The lowest BCUT2D eigenvalue weighted by Gasteiger charge is -2.18. The summed E-state index contributed by atoms with van der Waals surface area (Å²) in [5.74, 6) is 0. The molecule has 0 bridgehead atoms. The van der Waals surface area contributed by atoms with E-state index in [1.807, 2.05) is 57.4 Å². The second-order valence-electron chi connectivity index (χ2n) is 5.63. The molecule has 0 saturated heterocycles. The van der Waals surface area contributed by atoms with Crippen LogP contribution in [0.5, 0.6) is 0 Å². The molecule has 2 rings (SSSR count). The van der Waals surface area contributed by atoms with Crippen molar-refractivity contribution in [3.8, 4) is 11.3 Å². The van der Waals surface area contributed by atoms with E-state index in [1.165, 1.54) is 4.31 Å². The molecule has 0 aliphatic carbocycles. The predicted octanol–water partition coefficient (Wildman–Crippen LogP) is 5.54. The van der Waals surface area contributed by atoms with Gasteiger partial charge in [0.25, 0.3) is 0 Å². The minimum absolute atomic E-state index is 0.312. The van der Waals surface area contributed by atoms with Gasteiger partial charge in [-0.25, -0.2) is 13.4 Å². The summed E-state index contributed by atoms with van der Waals surface area (Å²) >= 11 is 5.02. The van der Waals surface area contributed by atoms with E-state index in [0.717, 1.165) is 26.3 Å². The van der Waals surface area contributed by atoms with E-state index in [2.05, 4.69) is 20.9 Å². The van der Waals surface area contributed by atoms with Gasteiger partial charge in [-0.15, -0.1) is 11.3 Å². The fraction of sp³-hybridized carbons (Fsp3) is 0.316. The highest BCUT2D eigenvalue weighted by atomic mass is 79.9. The van der Waals surface area contributed by atoms with E-state index in [0.29, 0.717) is 18.0 Å². The van der Waals surface area contributed by atoms with Gasteiger partial charge in [0, 0.05) is 29.6 Å². The average molecular weight is 455 g/mol. The minimum atomic E-state index is -3.43. The van der Waals surface area contributed by atoms with E-state index in [9.17, 15) is 8.42 Å². The van der Waals surface area contributed by atoms with Gasteiger partial charge in [-0.05, 0) is 36.5 Å². The lowest BCUT2D eigenvalue weighted by molar-refractivity contribution is 0.445. The Morgan fingerprint density at radius 2 is 1.85 bits per heavy atom. The monoisotopic (exact) mass is 454 g/mol. The molecule has 0 fully saturated rings. The predicted molar refractivity (Wildman–Crippen MR) is 114 cm³/mol. The summed E-state index contributed by atoms with van der Waals surface area (Å²) in [6.45, 7) is 8.57. The number of hydrogen-bond donors (Lipinski definition) is 0. The van der Waals surface area contributed by atoms with Crippen molar-refractivity contribution >= 4 is 42.9 Å². The van der Waals surface area contributed by atoms with Gasteiger partial charge in [0.05, 0.1) is 10.6 Å². The molecule has 140 valence electrons. The lowest BCUT2D eigenvalue weighted by atomic mass is 10.2. The topological polar surface area (TPSA) is 50.3 Å². The second-order valence-corrected chi connectivity index (χ2v) is 9.67. The average Bonchev–Trinajstić information content (AvgIpc) is 3.10. The van der Waals surface area contributed by atoms with Crippen LogP contribution in [0.1, 0.15) is 32.7 Å². The molecule has 2 aromatic rings. The first-order chi connectivity index (χ1) is 12.3. The largest absolute Gasteiger partial charge is 0.243 e. The highest BCUT2D eigenvalue weighted by Crippen LogP contribution is 2.29. The molecule has 26 heavy (non-hydrogen) atoms. The maximum atomic E-state index is 12.6. The fourth-order valence-corrected chi connectivity index (χ4v) is 5.11. The molecule has 0 amide bonds. The lowest BCUT2D eigenvalue weighted by Crippen LogP contribution is -2.30. The Morgan fingerprint density at radius 1 is 1.23 bits per heavy atom.